The lowest BCUT2D eigenvalue weighted by atomic mass is 9.95. The molecule has 1 aromatic heterocycles. The second-order valence-corrected chi connectivity index (χ2v) is 7.58. The summed E-state index contributed by atoms with van der Waals surface area (Å²) in [6.45, 7) is 4.13. The summed E-state index contributed by atoms with van der Waals surface area (Å²) in [6, 6.07) is 15.0. The van der Waals surface area contributed by atoms with Crippen LogP contribution in [0, 0.1) is 5.92 Å². The summed E-state index contributed by atoms with van der Waals surface area (Å²) >= 11 is 6.20. The molecular formula is C22H24Cl2N2O3. The van der Waals surface area contributed by atoms with Crippen LogP contribution in [0.3, 0.4) is 0 Å². The Bertz CT molecular complexity index is 989. The Morgan fingerprint density at radius 3 is 2.79 bits per heavy atom. The summed E-state index contributed by atoms with van der Waals surface area (Å²) in [5, 5.41) is 7.89. The van der Waals surface area contributed by atoms with Gasteiger partial charge in [0, 0.05) is 17.0 Å². The summed E-state index contributed by atoms with van der Waals surface area (Å²) in [5.74, 6) is 1.05. The third-order valence-corrected chi connectivity index (χ3v) is 5.53. The molecule has 29 heavy (non-hydrogen) atoms. The zero-order chi connectivity index (χ0) is 19.5. The molecule has 0 aliphatic carbocycles. The van der Waals surface area contributed by atoms with Crippen LogP contribution in [-0.4, -0.2) is 25.0 Å². The van der Waals surface area contributed by atoms with Crippen LogP contribution in [0.2, 0.25) is 5.02 Å². The van der Waals surface area contributed by atoms with Crippen molar-refractivity contribution in [2.24, 2.45) is 5.92 Å². The average molecular weight is 435 g/mol. The zero-order valence-corrected chi connectivity index (χ0v) is 17.7. The predicted octanol–water partition coefficient (Wildman–Crippen LogP) is 4.81. The lowest BCUT2D eigenvalue weighted by molar-refractivity contribution is 0.0884. The Hall–Kier alpha value is -2.21. The third-order valence-electron chi connectivity index (χ3n) is 5.21. The van der Waals surface area contributed by atoms with Crippen molar-refractivity contribution in [2.75, 3.05) is 13.1 Å². The maximum absolute atomic E-state index is 13.0. The molecule has 154 valence electrons. The van der Waals surface area contributed by atoms with Gasteiger partial charge in [0.15, 0.2) is 5.76 Å². The van der Waals surface area contributed by atoms with E-state index >= 15 is 0 Å². The number of carbonyl (C=O) groups excluding carboxylic acids is 1. The highest BCUT2D eigenvalue weighted by atomic mass is 35.5. The van der Waals surface area contributed by atoms with Crippen molar-refractivity contribution in [3.63, 3.8) is 0 Å². The van der Waals surface area contributed by atoms with Gasteiger partial charge < -0.3 is 19.8 Å². The summed E-state index contributed by atoms with van der Waals surface area (Å²) in [4.78, 5) is 13.0. The van der Waals surface area contributed by atoms with Crippen molar-refractivity contribution < 1.29 is 13.9 Å². The van der Waals surface area contributed by atoms with E-state index in [0.717, 1.165) is 30.5 Å². The molecule has 2 N–H and O–H groups in total. The number of piperidine rings is 1. The van der Waals surface area contributed by atoms with Gasteiger partial charge in [0.1, 0.15) is 17.9 Å². The summed E-state index contributed by atoms with van der Waals surface area (Å²) in [6.07, 6.45) is 0.901. The van der Waals surface area contributed by atoms with Gasteiger partial charge in [-0.05, 0) is 43.6 Å². The second-order valence-electron chi connectivity index (χ2n) is 7.18. The number of furan rings is 1. The van der Waals surface area contributed by atoms with Crippen LogP contribution in [0.15, 0.2) is 52.9 Å². The number of fused-ring (bicyclic) bond motifs is 1. The molecule has 2 aromatic carbocycles. The predicted molar refractivity (Wildman–Crippen MR) is 117 cm³/mol. The minimum absolute atomic E-state index is 0. The molecule has 0 spiro atoms. The molecule has 1 saturated heterocycles. The molecule has 1 amide bonds. The van der Waals surface area contributed by atoms with Gasteiger partial charge in [0.05, 0.1) is 5.02 Å². The van der Waals surface area contributed by atoms with E-state index in [0.29, 0.717) is 28.0 Å². The largest absolute Gasteiger partial charge is 0.487 e. The highest BCUT2D eigenvalue weighted by molar-refractivity contribution is 6.32. The molecule has 2 unspecified atom stereocenters. The first-order valence-corrected chi connectivity index (χ1v) is 9.90. The van der Waals surface area contributed by atoms with Crippen LogP contribution in [0.1, 0.15) is 29.5 Å². The molecule has 7 heteroatoms. The number of halogens is 2. The molecule has 3 aromatic rings. The monoisotopic (exact) mass is 434 g/mol. The van der Waals surface area contributed by atoms with Crippen molar-refractivity contribution in [2.45, 2.75) is 26.0 Å². The molecule has 1 aliphatic rings. The fourth-order valence-corrected chi connectivity index (χ4v) is 3.79. The second kappa shape index (κ2) is 9.53. The maximum atomic E-state index is 13.0. The number of hydrogen-bond acceptors (Lipinski definition) is 4. The average Bonchev–Trinajstić information content (AvgIpc) is 3.08. The van der Waals surface area contributed by atoms with Gasteiger partial charge in [0.2, 0.25) is 0 Å². The zero-order valence-electron chi connectivity index (χ0n) is 16.1. The van der Waals surface area contributed by atoms with Crippen LogP contribution >= 0.6 is 24.0 Å². The number of amides is 1. The number of carbonyl (C=O) groups is 1. The molecular weight excluding hydrogens is 411 g/mol. The number of nitrogens with one attached hydrogen (secondary N) is 2. The summed E-state index contributed by atoms with van der Waals surface area (Å²) in [7, 11) is 0. The molecule has 0 saturated carbocycles. The Morgan fingerprint density at radius 1 is 1.24 bits per heavy atom. The first-order chi connectivity index (χ1) is 13.6. The number of benzene rings is 2. The molecule has 2 heterocycles. The van der Waals surface area contributed by atoms with Crippen molar-refractivity contribution in [1.82, 2.24) is 10.6 Å². The topological polar surface area (TPSA) is 63.5 Å². The molecule has 2 atom stereocenters. The third kappa shape index (κ3) is 4.69. The van der Waals surface area contributed by atoms with Gasteiger partial charge in [-0.1, -0.05) is 48.9 Å². The normalized spacial score (nSPS) is 18.8. The first-order valence-electron chi connectivity index (χ1n) is 9.53. The first kappa shape index (κ1) is 21.5. The fourth-order valence-electron chi connectivity index (χ4n) is 3.60. The molecule has 1 aliphatic heterocycles. The molecule has 0 bridgehead atoms. The lowest BCUT2D eigenvalue weighted by Crippen LogP contribution is -2.48. The number of ether oxygens (including phenoxy) is 1. The Kier molecular flexibility index (Phi) is 7.06. The van der Waals surface area contributed by atoms with E-state index in [2.05, 4.69) is 17.6 Å². The maximum Gasteiger partial charge on any atom is 0.287 e. The van der Waals surface area contributed by atoms with Crippen molar-refractivity contribution in [3.05, 3.63) is 64.9 Å². The van der Waals surface area contributed by atoms with E-state index in [-0.39, 0.29) is 31.0 Å². The van der Waals surface area contributed by atoms with Crippen LogP contribution < -0.4 is 15.4 Å². The summed E-state index contributed by atoms with van der Waals surface area (Å²) in [5.41, 5.74) is 1.40. The van der Waals surface area contributed by atoms with Gasteiger partial charge in [-0.2, -0.15) is 0 Å². The lowest BCUT2D eigenvalue weighted by Gasteiger charge is -2.30. The quantitative estimate of drug-likeness (QED) is 0.604. The van der Waals surface area contributed by atoms with E-state index < -0.39 is 0 Å². The van der Waals surface area contributed by atoms with Crippen LogP contribution in [0.25, 0.3) is 11.0 Å². The SMILES string of the molecule is CC1CNCCC1NC(=O)c1oc2ccccc2c1COc1ccccc1Cl.Cl. The minimum atomic E-state index is -0.201. The van der Waals surface area contributed by atoms with E-state index in [4.69, 9.17) is 20.8 Å². The standard InChI is InChI=1S/C22H23ClN2O3.ClH/c1-14-12-24-11-10-18(14)25-22(26)21-16(15-6-2-4-8-19(15)28-21)13-27-20-9-5-3-7-17(20)23;/h2-9,14,18,24H,10-13H2,1H3,(H,25,26);1H. The Morgan fingerprint density at radius 2 is 2.00 bits per heavy atom. The van der Waals surface area contributed by atoms with E-state index in [1.54, 1.807) is 12.1 Å². The van der Waals surface area contributed by atoms with Gasteiger partial charge in [-0.15, -0.1) is 12.4 Å². The van der Waals surface area contributed by atoms with E-state index in [9.17, 15) is 4.79 Å². The molecule has 5 nitrogen and oxygen atoms in total. The van der Waals surface area contributed by atoms with Crippen LogP contribution in [0.5, 0.6) is 5.75 Å². The smallest absolute Gasteiger partial charge is 0.287 e. The number of hydrogen-bond donors (Lipinski definition) is 2. The van der Waals surface area contributed by atoms with Gasteiger partial charge in [-0.3, -0.25) is 4.79 Å². The van der Waals surface area contributed by atoms with E-state index in [1.165, 1.54) is 0 Å². The fraction of sp³-hybridized carbons (Fsp3) is 0.318. The van der Waals surface area contributed by atoms with Gasteiger partial charge >= 0.3 is 0 Å². The number of rotatable bonds is 5. The van der Waals surface area contributed by atoms with Crippen LogP contribution in [-0.2, 0) is 6.61 Å². The minimum Gasteiger partial charge on any atom is -0.487 e. The van der Waals surface area contributed by atoms with Crippen molar-refractivity contribution in [1.29, 1.82) is 0 Å². The Balaban J connectivity index is 0.00000240. The Labute approximate surface area is 181 Å². The van der Waals surface area contributed by atoms with Gasteiger partial charge in [-0.25, -0.2) is 0 Å². The van der Waals surface area contributed by atoms with Crippen molar-refractivity contribution in [3.8, 4) is 5.75 Å². The van der Waals surface area contributed by atoms with E-state index in [1.807, 2.05) is 36.4 Å². The van der Waals surface area contributed by atoms with Gasteiger partial charge in [0.25, 0.3) is 5.91 Å². The number of para-hydroxylation sites is 2. The highest BCUT2D eigenvalue weighted by Gasteiger charge is 2.27. The molecule has 0 radical (unpaired) electrons. The van der Waals surface area contributed by atoms with Crippen molar-refractivity contribution >= 4 is 40.9 Å². The highest BCUT2D eigenvalue weighted by Crippen LogP contribution is 2.30. The van der Waals surface area contributed by atoms with Crippen LogP contribution in [0.4, 0.5) is 0 Å². The molecule has 1 fully saturated rings. The molecule has 4 rings (SSSR count). The summed E-state index contributed by atoms with van der Waals surface area (Å²) < 4.78 is 11.8.